The third kappa shape index (κ3) is 5.86. The van der Waals surface area contributed by atoms with Gasteiger partial charge in [0, 0.05) is 6.54 Å². The van der Waals surface area contributed by atoms with Gasteiger partial charge >= 0.3 is 12.1 Å². The lowest BCUT2D eigenvalue weighted by molar-refractivity contribution is -0.143. The van der Waals surface area contributed by atoms with Gasteiger partial charge in [0.05, 0.1) is 13.7 Å². The molecule has 6 nitrogen and oxygen atoms in total. The summed E-state index contributed by atoms with van der Waals surface area (Å²) >= 11 is 0. The van der Waals surface area contributed by atoms with Crippen LogP contribution in [0.25, 0.3) is 0 Å². The van der Waals surface area contributed by atoms with Crippen LogP contribution in [0.5, 0.6) is 0 Å². The predicted molar refractivity (Wildman–Crippen MR) is 68.3 cm³/mol. The van der Waals surface area contributed by atoms with Crippen LogP contribution in [0.15, 0.2) is 0 Å². The van der Waals surface area contributed by atoms with Crippen molar-refractivity contribution in [3.8, 4) is 0 Å². The summed E-state index contributed by atoms with van der Waals surface area (Å²) in [5.74, 6) is -0.403. The monoisotopic (exact) mass is 260 g/mol. The number of hydrogen-bond acceptors (Lipinski definition) is 5. The highest BCUT2D eigenvalue weighted by molar-refractivity contribution is 5.77. The van der Waals surface area contributed by atoms with E-state index < -0.39 is 23.7 Å². The highest BCUT2D eigenvalue weighted by atomic mass is 16.6. The third-order valence-electron chi connectivity index (χ3n) is 2.27. The Morgan fingerprint density at radius 2 is 1.89 bits per heavy atom. The van der Waals surface area contributed by atoms with Crippen molar-refractivity contribution < 1.29 is 19.1 Å². The number of esters is 1. The summed E-state index contributed by atoms with van der Waals surface area (Å²) in [4.78, 5) is 24.8. The van der Waals surface area contributed by atoms with Gasteiger partial charge in [-0.15, -0.1) is 0 Å². The minimum absolute atomic E-state index is 0.217. The average Bonchev–Trinajstić information content (AvgIpc) is 2.27. The van der Waals surface area contributed by atoms with Crippen molar-refractivity contribution in [1.29, 1.82) is 0 Å². The molecule has 6 heteroatoms. The van der Waals surface area contributed by atoms with E-state index in [0.717, 1.165) is 0 Å². The number of nitrogens with zero attached hydrogens (tertiary/aromatic N) is 1. The van der Waals surface area contributed by atoms with Crippen LogP contribution in [-0.2, 0) is 14.3 Å². The van der Waals surface area contributed by atoms with Crippen molar-refractivity contribution in [2.45, 2.75) is 39.3 Å². The highest BCUT2D eigenvalue weighted by Gasteiger charge is 2.26. The Morgan fingerprint density at radius 1 is 1.33 bits per heavy atom. The molecule has 0 saturated heterocycles. The van der Waals surface area contributed by atoms with E-state index in [1.807, 2.05) is 6.92 Å². The van der Waals surface area contributed by atoms with E-state index >= 15 is 0 Å². The van der Waals surface area contributed by atoms with E-state index in [2.05, 4.69) is 10.1 Å². The lowest BCUT2D eigenvalue weighted by Crippen LogP contribution is -2.48. The molecule has 0 saturated carbocycles. The minimum atomic E-state index is -0.553. The minimum Gasteiger partial charge on any atom is -0.468 e. The maximum Gasteiger partial charge on any atom is 0.410 e. The quantitative estimate of drug-likeness (QED) is 0.747. The van der Waals surface area contributed by atoms with Gasteiger partial charge in [0.25, 0.3) is 0 Å². The van der Waals surface area contributed by atoms with Gasteiger partial charge in [-0.05, 0) is 34.7 Å². The average molecular weight is 260 g/mol. The molecule has 1 amide bonds. The fourth-order valence-electron chi connectivity index (χ4n) is 1.31. The zero-order chi connectivity index (χ0) is 14.3. The number of carbonyl (C=O) groups is 2. The summed E-state index contributed by atoms with van der Waals surface area (Å²) < 4.78 is 9.91. The summed E-state index contributed by atoms with van der Waals surface area (Å²) in [6.45, 7) is 7.91. The molecule has 1 unspecified atom stereocenters. The molecular formula is C12H24N2O4. The van der Waals surface area contributed by atoms with Crippen molar-refractivity contribution in [1.82, 2.24) is 10.2 Å². The summed E-state index contributed by atoms with van der Waals surface area (Å²) in [5.41, 5.74) is -0.551. The standard InChI is InChI=1S/C12H24N2O4/c1-7-14(11(16)18-12(2,3)4)8-9(13-5)10(15)17-6/h9,13H,7-8H2,1-6H3. The first kappa shape index (κ1) is 16.7. The first-order valence-electron chi connectivity index (χ1n) is 5.98. The first-order chi connectivity index (χ1) is 8.25. The lowest BCUT2D eigenvalue weighted by Gasteiger charge is -2.28. The summed E-state index contributed by atoms with van der Waals surface area (Å²) in [5, 5.41) is 2.81. The largest absolute Gasteiger partial charge is 0.468 e. The van der Waals surface area contributed by atoms with Crippen molar-refractivity contribution >= 4 is 12.1 Å². The van der Waals surface area contributed by atoms with E-state index in [9.17, 15) is 9.59 Å². The van der Waals surface area contributed by atoms with Crippen LogP contribution in [0.4, 0.5) is 4.79 Å². The zero-order valence-corrected chi connectivity index (χ0v) is 12.1. The molecule has 0 heterocycles. The molecule has 18 heavy (non-hydrogen) atoms. The van der Waals surface area contributed by atoms with Crippen LogP contribution in [0.1, 0.15) is 27.7 Å². The fourth-order valence-corrected chi connectivity index (χ4v) is 1.31. The Morgan fingerprint density at radius 3 is 2.22 bits per heavy atom. The van der Waals surface area contributed by atoms with Crippen LogP contribution < -0.4 is 5.32 Å². The lowest BCUT2D eigenvalue weighted by atomic mass is 10.2. The molecule has 0 aliphatic rings. The molecule has 0 aromatic heterocycles. The van der Waals surface area contributed by atoms with Gasteiger partial charge in [0.15, 0.2) is 0 Å². The molecule has 0 rings (SSSR count). The first-order valence-corrected chi connectivity index (χ1v) is 5.98. The van der Waals surface area contributed by atoms with Gasteiger partial charge in [-0.2, -0.15) is 0 Å². The highest BCUT2D eigenvalue weighted by Crippen LogP contribution is 2.10. The number of amides is 1. The topological polar surface area (TPSA) is 67.9 Å². The van der Waals surface area contributed by atoms with Gasteiger partial charge in [-0.25, -0.2) is 4.79 Å². The molecule has 0 spiro atoms. The Labute approximate surface area is 109 Å². The summed E-state index contributed by atoms with van der Waals surface area (Å²) in [6, 6.07) is -0.553. The SMILES string of the molecule is CCN(CC(NC)C(=O)OC)C(=O)OC(C)(C)C. The molecule has 0 aliphatic carbocycles. The number of likely N-dealkylation sites (N-methyl/N-ethyl adjacent to an activating group) is 2. The summed E-state index contributed by atoms with van der Waals surface area (Å²) in [6.07, 6.45) is -0.436. The number of carbonyl (C=O) groups excluding carboxylic acids is 2. The van der Waals surface area contributed by atoms with E-state index in [1.54, 1.807) is 27.8 Å². The van der Waals surface area contributed by atoms with Gasteiger partial charge < -0.3 is 19.7 Å². The molecule has 1 atom stereocenters. The maximum atomic E-state index is 11.9. The van der Waals surface area contributed by atoms with E-state index in [-0.39, 0.29) is 6.54 Å². The van der Waals surface area contributed by atoms with Crippen LogP contribution in [0.2, 0.25) is 0 Å². The molecule has 0 fully saturated rings. The number of methoxy groups -OCH3 is 1. The molecule has 0 aromatic rings. The van der Waals surface area contributed by atoms with Crippen LogP contribution in [0, 0.1) is 0 Å². The van der Waals surface area contributed by atoms with Crippen LogP contribution >= 0.6 is 0 Å². The summed E-state index contributed by atoms with van der Waals surface area (Å²) in [7, 11) is 2.96. The fraction of sp³-hybridized carbons (Fsp3) is 0.833. The number of nitrogens with one attached hydrogen (secondary N) is 1. The molecule has 0 aliphatic heterocycles. The molecular weight excluding hydrogens is 236 g/mol. The van der Waals surface area contributed by atoms with E-state index in [1.165, 1.54) is 12.0 Å². The number of hydrogen-bond donors (Lipinski definition) is 1. The molecule has 0 aromatic carbocycles. The maximum absolute atomic E-state index is 11.9. The second kappa shape index (κ2) is 7.20. The third-order valence-corrected chi connectivity index (χ3v) is 2.27. The van der Waals surface area contributed by atoms with E-state index in [0.29, 0.717) is 6.54 Å². The molecule has 0 radical (unpaired) electrons. The molecule has 106 valence electrons. The van der Waals surface area contributed by atoms with E-state index in [4.69, 9.17) is 4.74 Å². The smallest absolute Gasteiger partial charge is 0.410 e. The second-order valence-electron chi connectivity index (χ2n) is 4.88. The van der Waals surface area contributed by atoms with Crippen molar-refractivity contribution in [2.75, 3.05) is 27.2 Å². The Bertz CT molecular complexity index is 286. The van der Waals surface area contributed by atoms with Gasteiger partial charge in [0.2, 0.25) is 0 Å². The Kier molecular flexibility index (Phi) is 6.68. The van der Waals surface area contributed by atoms with Crippen LogP contribution in [-0.4, -0.2) is 55.9 Å². The normalized spacial score (nSPS) is 12.8. The number of rotatable bonds is 5. The van der Waals surface area contributed by atoms with Crippen molar-refractivity contribution in [3.63, 3.8) is 0 Å². The Balaban J connectivity index is 4.58. The Hall–Kier alpha value is -1.30. The predicted octanol–water partition coefficient (Wildman–Crippen LogP) is 1.00. The molecule has 1 N–H and O–H groups in total. The van der Waals surface area contributed by atoms with Crippen molar-refractivity contribution in [2.24, 2.45) is 0 Å². The molecule has 0 bridgehead atoms. The number of ether oxygens (including phenoxy) is 2. The van der Waals surface area contributed by atoms with Crippen LogP contribution in [0.3, 0.4) is 0 Å². The van der Waals surface area contributed by atoms with Gasteiger partial charge in [-0.1, -0.05) is 0 Å². The van der Waals surface area contributed by atoms with Gasteiger partial charge in [-0.3, -0.25) is 4.79 Å². The van der Waals surface area contributed by atoms with Crippen molar-refractivity contribution in [3.05, 3.63) is 0 Å². The second-order valence-corrected chi connectivity index (χ2v) is 4.88. The zero-order valence-electron chi connectivity index (χ0n) is 12.1. The van der Waals surface area contributed by atoms with Gasteiger partial charge in [0.1, 0.15) is 11.6 Å².